The molecule has 0 aromatic heterocycles. The van der Waals surface area contributed by atoms with E-state index in [2.05, 4.69) is 21.2 Å². The number of benzene rings is 2. The summed E-state index contributed by atoms with van der Waals surface area (Å²) in [6, 6.07) is 15.2. The molecule has 4 heteroatoms. The van der Waals surface area contributed by atoms with Crippen LogP contribution < -0.4 is 11.1 Å². The SMILES string of the molecule is NCc1ccc(CNC(=O)c2ccc(Br)cc2)cc1. The molecule has 0 heterocycles. The highest BCUT2D eigenvalue weighted by molar-refractivity contribution is 9.10. The fourth-order valence-corrected chi connectivity index (χ4v) is 1.94. The van der Waals surface area contributed by atoms with Crippen molar-refractivity contribution in [1.29, 1.82) is 0 Å². The van der Waals surface area contributed by atoms with E-state index in [0.29, 0.717) is 18.7 Å². The maximum atomic E-state index is 11.9. The van der Waals surface area contributed by atoms with Crippen LogP contribution in [0.5, 0.6) is 0 Å². The van der Waals surface area contributed by atoms with Crippen molar-refractivity contribution in [2.24, 2.45) is 5.73 Å². The molecule has 98 valence electrons. The number of carbonyl (C=O) groups is 1. The minimum Gasteiger partial charge on any atom is -0.348 e. The largest absolute Gasteiger partial charge is 0.348 e. The molecule has 0 atom stereocenters. The molecule has 0 aliphatic carbocycles. The van der Waals surface area contributed by atoms with Crippen molar-refractivity contribution in [3.05, 3.63) is 69.7 Å². The first-order chi connectivity index (χ1) is 9.19. The van der Waals surface area contributed by atoms with Gasteiger partial charge in [0.05, 0.1) is 0 Å². The number of halogens is 1. The lowest BCUT2D eigenvalue weighted by Gasteiger charge is -2.06. The van der Waals surface area contributed by atoms with Crippen LogP contribution in [0.1, 0.15) is 21.5 Å². The van der Waals surface area contributed by atoms with E-state index < -0.39 is 0 Å². The van der Waals surface area contributed by atoms with Gasteiger partial charge in [0.25, 0.3) is 5.91 Å². The second-order valence-corrected chi connectivity index (χ2v) is 5.13. The Kier molecular flexibility index (Phi) is 4.71. The number of nitrogens with two attached hydrogens (primary N) is 1. The number of rotatable bonds is 4. The minimum absolute atomic E-state index is 0.0737. The Labute approximate surface area is 121 Å². The molecule has 0 aliphatic heterocycles. The summed E-state index contributed by atoms with van der Waals surface area (Å²) < 4.78 is 0.960. The monoisotopic (exact) mass is 318 g/mol. The number of carbonyl (C=O) groups excluding carboxylic acids is 1. The minimum atomic E-state index is -0.0737. The first-order valence-corrected chi connectivity index (χ1v) is 6.80. The molecule has 0 saturated heterocycles. The molecular weight excluding hydrogens is 304 g/mol. The van der Waals surface area contributed by atoms with Crippen LogP contribution in [-0.4, -0.2) is 5.91 Å². The van der Waals surface area contributed by atoms with Crippen LogP contribution >= 0.6 is 15.9 Å². The lowest BCUT2D eigenvalue weighted by atomic mass is 10.1. The first-order valence-electron chi connectivity index (χ1n) is 6.00. The molecule has 3 N–H and O–H groups in total. The van der Waals surface area contributed by atoms with Gasteiger partial charge in [-0.05, 0) is 35.4 Å². The van der Waals surface area contributed by atoms with Crippen LogP contribution in [0.3, 0.4) is 0 Å². The van der Waals surface area contributed by atoms with E-state index in [0.717, 1.165) is 15.6 Å². The molecule has 1 amide bonds. The second-order valence-electron chi connectivity index (χ2n) is 4.21. The Morgan fingerprint density at radius 1 is 1.00 bits per heavy atom. The van der Waals surface area contributed by atoms with Crippen LogP contribution in [0.15, 0.2) is 53.0 Å². The lowest BCUT2D eigenvalue weighted by molar-refractivity contribution is 0.0951. The van der Waals surface area contributed by atoms with Crippen molar-refractivity contribution in [3.8, 4) is 0 Å². The molecule has 0 spiro atoms. The van der Waals surface area contributed by atoms with E-state index in [1.807, 2.05) is 36.4 Å². The normalized spacial score (nSPS) is 10.2. The van der Waals surface area contributed by atoms with Crippen molar-refractivity contribution < 1.29 is 4.79 Å². The molecule has 2 rings (SSSR count). The van der Waals surface area contributed by atoms with Crippen molar-refractivity contribution in [1.82, 2.24) is 5.32 Å². The third kappa shape index (κ3) is 3.91. The average molecular weight is 319 g/mol. The molecule has 19 heavy (non-hydrogen) atoms. The Balaban J connectivity index is 1.94. The van der Waals surface area contributed by atoms with Crippen LogP contribution in [0, 0.1) is 0 Å². The van der Waals surface area contributed by atoms with Gasteiger partial charge in [0.2, 0.25) is 0 Å². The third-order valence-corrected chi connectivity index (χ3v) is 3.35. The first kappa shape index (κ1) is 13.8. The lowest BCUT2D eigenvalue weighted by Crippen LogP contribution is -2.22. The zero-order valence-corrected chi connectivity index (χ0v) is 12.0. The third-order valence-electron chi connectivity index (χ3n) is 2.82. The summed E-state index contributed by atoms with van der Waals surface area (Å²) in [6.07, 6.45) is 0. The van der Waals surface area contributed by atoms with Crippen LogP contribution in [0.25, 0.3) is 0 Å². The van der Waals surface area contributed by atoms with E-state index in [1.165, 1.54) is 0 Å². The summed E-state index contributed by atoms with van der Waals surface area (Å²) in [5.74, 6) is -0.0737. The Hall–Kier alpha value is -1.65. The molecule has 0 saturated carbocycles. The zero-order chi connectivity index (χ0) is 13.7. The fourth-order valence-electron chi connectivity index (χ4n) is 1.68. The standard InChI is InChI=1S/C15H15BrN2O/c16-14-7-5-13(6-8-14)15(19)18-10-12-3-1-11(9-17)2-4-12/h1-8H,9-10,17H2,(H,18,19). The molecule has 0 bridgehead atoms. The summed E-state index contributed by atoms with van der Waals surface area (Å²) in [4.78, 5) is 11.9. The van der Waals surface area contributed by atoms with Crippen molar-refractivity contribution in [3.63, 3.8) is 0 Å². The van der Waals surface area contributed by atoms with Gasteiger partial charge in [0, 0.05) is 23.1 Å². The summed E-state index contributed by atoms with van der Waals surface area (Å²) in [6.45, 7) is 1.05. The van der Waals surface area contributed by atoms with E-state index >= 15 is 0 Å². The summed E-state index contributed by atoms with van der Waals surface area (Å²) in [7, 11) is 0. The summed E-state index contributed by atoms with van der Waals surface area (Å²) >= 11 is 3.34. The Bertz CT molecular complexity index is 549. The molecule has 2 aromatic rings. The van der Waals surface area contributed by atoms with Crippen molar-refractivity contribution in [2.45, 2.75) is 13.1 Å². The number of hydrogen-bond acceptors (Lipinski definition) is 2. The van der Waals surface area contributed by atoms with Gasteiger partial charge in [-0.25, -0.2) is 0 Å². The van der Waals surface area contributed by atoms with Gasteiger partial charge < -0.3 is 11.1 Å². The molecule has 0 unspecified atom stereocenters. The maximum absolute atomic E-state index is 11.9. The van der Waals surface area contributed by atoms with Crippen molar-refractivity contribution >= 4 is 21.8 Å². The van der Waals surface area contributed by atoms with Gasteiger partial charge in [0.1, 0.15) is 0 Å². The van der Waals surface area contributed by atoms with Gasteiger partial charge in [-0.2, -0.15) is 0 Å². The predicted molar refractivity (Wildman–Crippen MR) is 79.6 cm³/mol. The van der Waals surface area contributed by atoms with Gasteiger partial charge in [-0.15, -0.1) is 0 Å². The Morgan fingerprint density at radius 2 is 1.58 bits per heavy atom. The highest BCUT2D eigenvalue weighted by Crippen LogP contribution is 2.10. The molecule has 2 aromatic carbocycles. The zero-order valence-electron chi connectivity index (χ0n) is 10.4. The molecule has 3 nitrogen and oxygen atoms in total. The van der Waals surface area contributed by atoms with Crippen LogP contribution in [-0.2, 0) is 13.1 Å². The number of hydrogen-bond donors (Lipinski definition) is 2. The van der Waals surface area contributed by atoms with Gasteiger partial charge in [0.15, 0.2) is 0 Å². The quantitative estimate of drug-likeness (QED) is 0.910. The second kappa shape index (κ2) is 6.50. The van der Waals surface area contributed by atoms with E-state index in [9.17, 15) is 4.79 Å². The van der Waals surface area contributed by atoms with E-state index in [4.69, 9.17) is 5.73 Å². The molecular formula is C15H15BrN2O. The van der Waals surface area contributed by atoms with Crippen LogP contribution in [0.4, 0.5) is 0 Å². The topological polar surface area (TPSA) is 55.1 Å². The highest BCUT2D eigenvalue weighted by atomic mass is 79.9. The molecule has 0 radical (unpaired) electrons. The number of amides is 1. The summed E-state index contributed by atoms with van der Waals surface area (Å²) in [5.41, 5.74) is 8.34. The number of nitrogens with one attached hydrogen (secondary N) is 1. The van der Waals surface area contributed by atoms with Gasteiger partial charge in [-0.1, -0.05) is 40.2 Å². The van der Waals surface area contributed by atoms with Gasteiger partial charge in [-0.3, -0.25) is 4.79 Å². The van der Waals surface area contributed by atoms with Crippen molar-refractivity contribution in [2.75, 3.05) is 0 Å². The highest BCUT2D eigenvalue weighted by Gasteiger charge is 2.04. The maximum Gasteiger partial charge on any atom is 0.251 e. The smallest absolute Gasteiger partial charge is 0.251 e. The summed E-state index contributed by atoms with van der Waals surface area (Å²) in [5, 5.41) is 2.89. The molecule has 0 fully saturated rings. The van der Waals surface area contributed by atoms with E-state index in [1.54, 1.807) is 12.1 Å². The average Bonchev–Trinajstić information content (AvgIpc) is 2.46. The molecule has 0 aliphatic rings. The van der Waals surface area contributed by atoms with E-state index in [-0.39, 0.29) is 5.91 Å². The predicted octanol–water partition coefficient (Wildman–Crippen LogP) is 2.84. The van der Waals surface area contributed by atoms with Gasteiger partial charge >= 0.3 is 0 Å². The van der Waals surface area contributed by atoms with Crippen LogP contribution in [0.2, 0.25) is 0 Å². The fraction of sp³-hybridized carbons (Fsp3) is 0.133. The Morgan fingerprint density at radius 3 is 2.16 bits per heavy atom.